The Morgan fingerprint density at radius 3 is 1.77 bits per heavy atom. The molecule has 31 heavy (non-hydrogen) atoms. The first-order valence-electron chi connectivity index (χ1n) is 11.5. The number of piperidine rings is 1. The number of rotatable bonds is 4. The zero-order chi connectivity index (χ0) is 20.9. The first-order chi connectivity index (χ1) is 15.2. The summed E-state index contributed by atoms with van der Waals surface area (Å²) in [5, 5.41) is 3.74. The van der Waals surface area contributed by atoms with Crippen molar-refractivity contribution in [3.8, 4) is 0 Å². The van der Waals surface area contributed by atoms with Crippen molar-refractivity contribution in [2.24, 2.45) is 23.7 Å². The zero-order valence-corrected chi connectivity index (χ0v) is 17.4. The number of ether oxygens (including phenoxy) is 2. The molecule has 1 saturated heterocycles. The van der Waals surface area contributed by atoms with Crippen molar-refractivity contribution < 1.29 is 19.1 Å². The van der Waals surface area contributed by atoms with Gasteiger partial charge in [0.15, 0.2) is 0 Å². The molecule has 5 heteroatoms. The number of benzene rings is 2. The summed E-state index contributed by atoms with van der Waals surface area (Å²) in [6, 6.07) is 18.8. The molecule has 6 rings (SSSR count). The zero-order valence-electron chi connectivity index (χ0n) is 17.4. The van der Waals surface area contributed by atoms with Crippen LogP contribution in [0.5, 0.6) is 0 Å². The highest BCUT2D eigenvalue weighted by atomic mass is 16.6. The molecule has 4 bridgehead atoms. The van der Waals surface area contributed by atoms with Gasteiger partial charge < -0.3 is 14.8 Å². The van der Waals surface area contributed by atoms with Gasteiger partial charge in [-0.3, -0.25) is 0 Å². The second-order valence-corrected chi connectivity index (χ2v) is 9.46. The summed E-state index contributed by atoms with van der Waals surface area (Å²) < 4.78 is 12.3. The van der Waals surface area contributed by atoms with E-state index in [4.69, 9.17) is 9.47 Å². The van der Waals surface area contributed by atoms with Crippen molar-refractivity contribution in [1.82, 2.24) is 5.32 Å². The standard InChI is InChI=1S/C26H27NO4/c28-25(15-9-3-1-4-10-15)30-23-19-17-13-7-8-14-18(17)21-20(22(19)27-21)24(23)31-26(29)16-11-5-2-6-12-16/h1-6,9-12,17-24,27H,7-8,13-14H2/t17?,18?,19-,20?,21?,22?,23?,24?/m0/s1. The summed E-state index contributed by atoms with van der Waals surface area (Å²) >= 11 is 0. The molecule has 7 unspecified atom stereocenters. The van der Waals surface area contributed by atoms with Crippen molar-refractivity contribution >= 4 is 11.9 Å². The monoisotopic (exact) mass is 417 g/mol. The second-order valence-electron chi connectivity index (χ2n) is 9.46. The van der Waals surface area contributed by atoms with Gasteiger partial charge in [0.25, 0.3) is 0 Å². The Morgan fingerprint density at radius 2 is 1.19 bits per heavy atom. The van der Waals surface area contributed by atoms with E-state index in [9.17, 15) is 9.59 Å². The summed E-state index contributed by atoms with van der Waals surface area (Å²) in [6.07, 6.45) is 4.08. The van der Waals surface area contributed by atoms with Crippen molar-refractivity contribution in [2.45, 2.75) is 50.0 Å². The molecule has 4 aliphatic rings. The maximum absolute atomic E-state index is 13.0. The minimum atomic E-state index is -0.402. The Bertz CT molecular complexity index is 977. The van der Waals surface area contributed by atoms with E-state index in [0.29, 0.717) is 29.0 Å². The Labute approximate surface area is 182 Å². The van der Waals surface area contributed by atoms with E-state index in [-0.39, 0.29) is 29.8 Å². The molecule has 8 atom stereocenters. The maximum atomic E-state index is 13.0. The average molecular weight is 418 g/mol. The molecule has 5 nitrogen and oxygen atoms in total. The normalized spacial score (nSPS) is 37.3. The van der Waals surface area contributed by atoms with Crippen LogP contribution in [0.1, 0.15) is 46.4 Å². The van der Waals surface area contributed by atoms with Crippen LogP contribution < -0.4 is 5.32 Å². The number of carbonyl (C=O) groups excluding carboxylic acids is 2. The van der Waals surface area contributed by atoms with Gasteiger partial charge in [0.1, 0.15) is 12.2 Å². The number of esters is 2. The fraction of sp³-hybridized carbons (Fsp3) is 0.462. The molecule has 1 N–H and O–H groups in total. The quantitative estimate of drug-likeness (QED) is 0.766. The minimum absolute atomic E-state index is 0.210. The molecule has 0 amide bonds. The van der Waals surface area contributed by atoms with Gasteiger partial charge in [-0.1, -0.05) is 49.2 Å². The van der Waals surface area contributed by atoms with Gasteiger partial charge in [-0.15, -0.1) is 0 Å². The van der Waals surface area contributed by atoms with Gasteiger partial charge in [0.2, 0.25) is 0 Å². The molecule has 3 saturated carbocycles. The first kappa shape index (κ1) is 19.1. The fourth-order valence-corrected chi connectivity index (χ4v) is 6.82. The third-order valence-corrected chi connectivity index (χ3v) is 8.05. The fourth-order valence-electron chi connectivity index (χ4n) is 6.82. The van der Waals surface area contributed by atoms with E-state index < -0.39 is 12.2 Å². The molecule has 4 fully saturated rings. The van der Waals surface area contributed by atoms with Crippen LogP contribution in [0.15, 0.2) is 60.7 Å². The summed E-state index contributed by atoms with van der Waals surface area (Å²) in [5.74, 6) is 0.902. The first-order valence-corrected chi connectivity index (χ1v) is 11.5. The molecular formula is C26H27NO4. The van der Waals surface area contributed by atoms with Crippen LogP contribution in [0, 0.1) is 23.7 Å². The van der Waals surface area contributed by atoms with E-state index in [2.05, 4.69) is 5.32 Å². The van der Waals surface area contributed by atoms with Gasteiger partial charge in [-0.05, 0) is 48.9 Å². The summed E-state index contributed by atoms with van der Waals surface area (Å²) in [7, 11) is 0. The van der Waals surface area contributed by atoms with Crippen LogP contribution in [0.2, 0.25) is 0 Å². The number of hydrogen-bond donors (Lipinski definition) is 1. The number of fused-ring (bicyclic) bond motifs is 3. The maximum Gasteiger partial charge on any atom is 0.338 e. The van der Waals surface area contributed by atoms with Crippen LogP contribution in [-0.4, -0.2) is 36.2 Å². The van der Waals surface area contributed by atoms with E-state index in [0.717, 1.165) is 0 Å². The predicted molar refractivity (Wildman–Crippen MR) is 114 cm³/mol. The Balaban J connectivity index is 1.31. The Hall–Kier alpha value is -2.66. The average Bonchev–Trinajstić information content (AvgIpc) is 2.98. The van der Waals surface area contributed by atoms with Crippen molar-refractivity contribution in [1.29, 1.82) is 0 Å². The van der Waals surface area contributed by atoms with Crippen molar-refractivity contribution in [3.63, 3.8) is 0 Å². The molecule has 2 aromatic rings. The predicted octanol–water partition coefficient (Wildman–Crippen LogP) is 3.84. The molecule has 2 aromatic carbocycles. The molecule has 0 radical (unpaired) electrons. The number of nitrogens with one attached hydrogen (secondary N) is 1. The SMILES string of the molecule is O=C(OC1C2C3NC2[C@H](C2CCCCC32)C1OC(=O)c1ccccc1)c1ccccc1. The third-order valence-electron chi connectivity index (χ3n) is 8.05. The lowest BCUT2D eigenvalue weighted by molar-refractivity contribution is -0.0671. The third kappa shape index (κ3) is 3.01. The molecule has 0 aromatic heterocycles. The van der Waals surface area contributed by atoms with E-state index in [1.165, 1.54) is 25.7 Å². The van der Waals surface area contributed by atoms with Gasteiger partial charge in [0, 0.05) is 23.9 Å². The lowest BCUT2D eigenvalue weighted by Crippen LogP contribution is -2.72. The molecule has 160 valence electrons. The summed E-state index contributed by atoms with van der Waals surface area (Å²) in [5.41, 5.74) is 1.08. The molecule has 1 aliphatic heterocycles. The van der Waals surface area contributed by atoms with Crippen LogP contribution in [-0.2, 0) is 9.47 Å². The largest absolute Gasteiger partial charge is 0.454 e. The molecule has 3 aliphatic carbocycles. The summed E-state index contributed by atoms with van der Waals surface area (Å²) in [6.45, 7) is 0. The van der Waals surface area contributed by atoms with Gasteiger partial charge in [-0.2, -0.15) is 0 Å². The van der Waals surface area contributed by atoms with Gasteiger partial charge in [-0.25, -0.2) is 9.59 Å². The minimum Gasteiger partial charge on any atom is -0.454 e. The van der Waals surface area contributed by atoms with Crippen LogP contribution in [0.25, 0.3) is 0 Å². The Kier molecular flexibility index (Phi) is 4.60. The van der Waals surface area contributed by atoms with Crippen molar-refractivity contribution in [2.75, 3.05) is 0 Å². The Morgan fingerprint density at radius 1 is 0.677 bits per heavy atom. The van der Waals surface area contributed by atoms with E-state index in [1.807, 2.05) is 36.4 Å². The molecule has 1 heterocycles. The smallest absolute Gasteiger partial charge is 0.338 e. The highest BCUT2D eigenvalue weighted by Gasteiger charge is 2.70. The highest BCUT2D eigenvalue weighted by molar-refractivity contribution is 5.90. The lowest BCUT2D eigenvalue weighted by Gasteiger charge is -2.59. The topological polar surface area (TPSA) is 64.6 Å². The van der Waals surface area contributed by atoms with Crippen LogP contribution in [0.4, 0.5) is 0 Å². The summed E-state index contributed by atoms with van der Waals surface area (Å²) in [4.78, 5) is 25.9. The van der Waals surface area contributed by atoms with Gasteiger partial charge >= 0.3 is 11.9 Å². The van der Waals surface area contributed by atoms with Gasteiger partial charge in [0.05, 0.1) is 11.1 Å². The van der Waals surface area contributed by atoms with E-state index >= 15 is 0 Å². The van der Waals surface area contributed by atoms with Crippen LogP contribution >= 0.6 is 0 Å². The van der Waals surface area contributed by atoms with Crippen LogP contribution in [0.3, 0.4) is 0 Å². The van der Waals surface area contributed by atoms with E-state index in [1.54, 1.807) is 24.3 Å². The number of hydrogen-bond acceptors (Lipinski definition) is 5. The second kappa shape index (κ2) is 7.49. The highest BCUT2D eigenvalue weighted by Crippen LogP contribution is 2.59. The molecular weight excluding hydrogens is 390 g/mol. The number of carbonyl (C=O) groups is 2. The lowest BCUT2D eigenvalue weighted by atomic mass is 9.56. The molecule has 0 spiro atoms. The van der Waals surface area contributed by atoms with Crippen molar-refractivity contribution in [3.05, 3.63) is 71.8 Å².